The van der Waals surface area contributed by atoms with Crippen molar-refractivity contribution < 1.29 is 17.6 Å². The molecule has 13 heteroatoms. The van der Waals surface area contributed by atoms with Crippen LogP contribution in [-0.4, -0.2) is 33.5 Å². The minimum atomic E-state index is -2.78. The molecule has 3 aromatic rings. The summed E-state index contributed by atoms with van der Waals surface area (Å²) >= 11 is 6.63. The van der Waals surface area contributed by atoms with Crippen LogP contribution in [0.4, 0.5) is 28.9 Å². The minimum absolute atomic E-state index is 0.0837. The van der Waals surface area contributed by atoms with Crippen LogP contribution in [0.3, 0.4) is 0 Å². The van der Waals surface area contributed by atoms with Gasteiger partial charge < -0.3 is 16.1 Å². The second-order valence-corrected chi connectivity index (χ2v) is 11.9. The maximum atomic E-state index is 15.8. The largest absolute Gasteiger partial charge is 0.383 e. The molecule has 0 amide bonds. The molecule has 1 aromatic carbocycles. The molecule has 1 aliphatic carbocycles. The summed E-state index contributed by atoms with van der Waals surface area (Å²) in [7, 11) is 0. The molecule has 1 fully saturated rings. The molecule has 41 heavy (non-hydrogen) atoms. The van der Waals surface area contributed by atoms with Crippen LogP contribution in [0.15, 0.2) is 42.1 Å². The van der Waals surface area contributed by atoms with E-state index >= 15 is 4.39 Å². The van der Waals surface area contributed by atoms with E-state index in [1.807, 2.05) is 20.8 Å². The SMILES string of the molecule is Cc1nc(F)ccc1[C@H](Nc1cc(Cl)c2ncc(C#N)c(NCC(C)(C)C)c2c1)C1=C(F)N(C2(C(F)F)CC2)NN1. The Bertz CT molecular complexity index is 1580. The van der Waals surface area contributed by atoms with Gasteiger partial charge in [-0.2, -0.15) is 14.0 Å². The van der Waals surface area contributed by atoms with Crippen LogP contribution in [-0.2, 0) is 0 Å². The number of alkyl halides is 2. The van der Waals surface area contributed by atoms with Gasteiger partial charge in [0.1, 0.15) is 17.3 Å². The molecule has 5 rings (SSSR count). The van der Waals surface area contributed by atoms with Crippen LogP contribution < -0.4 is 21.6 Å². The molecule has 1 aliphatic heterocycles. The van der Waals surface area contributed by atoms with Crippen molar-refractivity contribution in [3.63, 3.8) is 0 Å². The number of hydrazine groups is 2. The third-order valence-electron chi connectivity index (χ3n) is 7.18. The Morgan fingerprint density at radius 2 is 1.95 bits per heavy atom. The van der Waals surface area contributed by atoms with E-state index in [-0.39, 0.29) is 34.7 Å². The first-order valence-electron chi connectivity index (χ1n) is 13.0. The molecule has 0 bridgehead atoms. The second-order valence-electron chi connectivity index (χ2n) is 11.5. The van der Waals surface area contributed by atoms with E-state index in [0.717, 1.165) is 11.1 Å². The van der Waals surface area contributed by atoms with E-state index in [1.165, 1.54) is 12.3 Å². The highest BCUT2D eigenvalue weighted by Crippen LogP contribution is 2.49. The Morgan fingerprint density at radius 1 is 1.22 bits per heavy atom. The lowest BCUT2D eigenvalue weighted by Gasteiger charge is -2.26. The van der Waals surface area contributed by atoms with Crippen LogP contribution in [0.5, 0.6) is 0 Å². The van der Waals surface area contributed by atoms with Crippen molar-refractivity contribution >= 4 is 33.9 Å². The van der Waals surface area contributed by atoms with Crippen molar-refractivity contribution in [1.29, 1.82) is 5.26 Å². The number of aromatic nitrogens is 2. The van der Waals surface area contributed by atoms with Crippen LogP contribution in [0, 0.1) is 29.6 Å². The summed E-state index contributed by atoms with van der Waals surface area (Å²) in [6.07, 6.45) is -1.09. The number of pyridine rings is 2. The Hall–Kier alpha value is -3.82. The highest BCUT2D eigenvalue weighted by Gasteiger charge is 2.59. The van der Waals surface area contributed by atoms with Crippen LogP contribution in [0.1, 0.15) is 56.5 Å². The van der Waals surface area contributed by atoms with Gasteiger partial charge in [0.05, 0.1) is 27.8 Å². The number of nitriles is 1. The molecule has 1 atom stereocenters. The van der Waals surface area contributed by atoms with Crippen molar-refractivity contribution in [1.82, 2.24) is 25.9 Å². The van der Waals surface area contributed by atoms with Gasteiger partial charge in [-0.3, -0.25) is 9.99 Å². The lowest BCUT2D eigenvalue weighted by Crippen LogP contribution is -2.49. The number of hydrogen-bond acceptors (Lipinski definition) is 8. The topological polar surface area (TPSA) is 101 Å². The van der Waals surface area contributed by atoms with E-state index in [2.05, 4.69) is 37.6 Å². The van der Waals surface area contributed by atoms with Gasteiger partial charge in [0.2, 0.25) is 11.9 Å². The quantitative estimate of drug-likeness (QED) is 0.135. The molecule has 216 valence electrons. The monoisotopic (exact) mass is 588 g/mol. The van der Waals surface area contributed by atoms with Crippen molar-refractivity contribution in [2.45, 2.75) is 58.5 Å². The molecule has 4 N–H and O–H groups in total. The number of nitrogens with zero attached hydrogens (tertiary/aromatic N) is 4. The summed E-state index contributed by atoms with van der Waals surface area (Å²) in [5.41, 5.74) is 5.80. The lowest BCUT2D eigenvalue weighted by atomic mass is 9.96. The van der Waals surface area contributed by atoms with Crippen LogP contribution in [0.25, 0.3) is 10.9 Å². The third-order valence-corrected chi connectivity index (χ3v) is 7.47. The second kappa shape index (κ2) is 10.5. The van der Waals surface area contributed by atoms with Gasteiger partial charge in [0, 0.05) is 35.1 Å². The highest BCUT2D eigenvalue weighted by atomic mass is 35.5. The smallest absolute Gasteiger partial charge is 0.263 e. The maximum Gasteiger partial charge on any atom is 0.263 e. The minimum Gasteiger partial charge on any atom is -0.383 e. The highest BCUT2D eigenvalue weighted by molar-refractivity contribution is 6.35. The normalized spacial score (nSPS) is 17.0. The molecule has 3 heterocycles. The zero-order valence-corrected chi connectivity index (χ0v) is 23.6. The molecule has 0 saturated heterocycles. The first kappa shape index (κ1) is 28.7. The van der Waals surface area contributed by atoms with Crippen LogP contribution >= 0.6 is 11.6 Å². The zero-order valence-electron chi connectivity index (χ0n) is 22.8. The number of benzene rings is 1. The van der Waals surface area contributed by atoms with Crippen molar-refractivity contribution in [2.24, 2.45) is 5.41 Å². The number of halogens is 5. The number of anilines is 2. The Balaban J connectivity index is 1.61. The number of aryl methyl sites for hydroxylation is 1. The molecule has 2 aromatic heterocycles. The maximum absolute atomic E-state index is 15.8. The van der Waals surface area contributed by atoms with Gasteiger partial charge >= 0.3 is 0 Å². The van der Waals surface area contributed by atoms with Crippen molar-refractivity contribution in [3.05, 3.63) is 69.9 Å². The van der Waals surface area contributed by atoms with Gasteiger partial charge in [0.25, 0.3) is 6.43 Å². The summed E-state index contributed by atoms with van der Waals surface area (Å²) in [4.78, 5) is 8.24. The fourth-order valence-electron chi connectivity index (χ4n) is 4.79. The lowest BCUT2D eigenvalue weighted by molar-refractivity contribution is -0.00954. The summed E-state index contributed by atoms with van der Waals surface area (Å²) in [5, 5.41) is 18.0. The van der Waals surface area contributed by atoms with Crippen molar-refractivity contribution in [2.75, 3.05) is 17.2 Å². The van der Waals surface area contributed by atoms with E-state index < -0.39 is 29.9 Å². The Labute approximate surface area is 239 Å². The van der Waals surface area contributed by atoms with Crippen LogP contribution in [0.2, 0.25) is 5.02 Å². The first-order valence-corrected chi connectivity index (χ1v) is 13.4. The Kier molecular flexibility index (Phi) is 7.38. The first-order chi connectivity index (χ1) is 19.3. The summed E-state index contributed by atoms with van der Waals surface area (Å²) < 4.78 is 57.4. The van der Waals surface area contributed by atoms with E-state index in [0.29, 0.717) is 39.9 Å². The van der Waals surface area contributed by atoms with Gasteiger partial charge in [-0.15, -0.1) is 5.53 Å². The molecule has 0 spiro atoms. The van der Waals surface area contributed by atoms with Gasteiger partial charge in [0.15, 0.2) is 0 Å². The third kappa shape index (κ3) is 5.44. The van der Waals surface area contributed by atoms with E-state index in [1.54, 1.807) is 19.1 Å². The number of rotatable bonds is 8. The molecule has 0 unspecified atom stereocenters. The fraction of sp³-hybridized carbons (Fsp3) is 0.393. The average Bonchev–Trinajstić information content (AvgIpc) is 3.62. The van der Waals surface area contributed by atoms with E-state index in [4.69, 9.17) is 11.6 Å². The molecular weight excluding hydrogens is 560 g/mol. The van der Waals surface area contributed by atoms with Gasteiger partial charge in [-0.25, -0.2) is 13.8 Å². The summed E-state index contributed by atoms with van der Waals surface area (Å²) in [5.74, 6) is -1.64. The standard InChI is InChI=1S/C28H29ClF4N8/c1-14-17(5-6-20(30)37-14)23(24-25(31)41(40-39-24)28(7-8-28)26(32)33)38-16-9-18-21(36-13-27(2,3)4)15(11-34)12-35-22(18)19(29)10-16/h5-6,9-10,12,23,26,38-40H,7-8,13H2,1-4H3,(H,35,36)/t23-/m0/s1. The summed E-state index contributed by atoms with van der Waals surface area (Å²) in [6, 6.07) is 7.05. The van der Waals surface area contributed by atoms with Gasteiger partial charge in [-0.1, -0.05) is 38.4 Å². The molecule has 8 nitrogen and oxygen atoms in total. The van der Waals surface area contributed by atoms with E-state index in [9.17, 15) is 18.4 Å². The number of nitrogens with one attached hydrogen (secondary N) is 4. The number of fused-ring (bicyclic) bond motifs is 1. The zero-order chi connectivity index (χ0) is 29.7. The molecular formula is C28H29ClF4N8. The molecule has 1 saturated carbocycles. The molecule has 0 radical (unpaired) electrons. The number of hydrogen-bond donors (Lipinski definition) is 4. The average molecular weight is 589 g/mol. The summed E-state index contributed by atoms with van der Waals surface area (Å²) in [6.45, 7) is 8.26. The predicted molar refractivity (Wildman–Crippen MR) is 149 cm³/mol. The fourth-order valence-corrected chi connectivity index (χ4v) is 5.06. The Morgan fingerprint density at radius 3 is 2.56 bits per heavy atom. The predicted octanol–water partition coefficient (Wildman–Crippen LogP) is 6.47. The molecule has 2 aliphatic rings. The van der Waals surface area contributed by atoms with Gasteiger partial charge in [-0.05, 0) is 43.4 Å². The van der Waals surface area contributed by atoms with Crippen molar-refractivity contribution in [3.8, 4) is 6.07 Å².